The highest BCUT2D eigenvalue weighted by molar-refractivity contribution is 5.74. The maximum atomic E-state index is 10.1. The number of carbonyl (C=O) groups excluding carboxylic acids is 1. The molecule has 0 amide bonds. The molecule has 2 nitrogen and oxygen atoms in total. The average Bonchev–Trinajstić information content (AvgIpc) is 1.88. The van der Waals surface area contributed by atoms with E-state index >= 15 is 0 Å². The number of likely N-dealkylation sites (N-methyl/N-ethyl adjacent to an activating group) is 1. The molecule has 1 radical (unpaired) electrons. The summed E-state index contributed by atoms with van der Waals surface area (Å²) in [6.07, 6.45) is 4.84. The van der Waals surface area contributed by atoms with Crippen LogP contribution < -0.4 is 0 Å². The average molecular weight is 124 g/mol. The van der Waals surface area contributed by atoms with Crippen LogP contribution in [0, 0.1) is 0 Å². The van der Waals surface area contributed by atoms with Gasteiger partial charge in [0.25, 0.3) is 0 Å². The van der Waals surface area contributed by atoms with Crippen LogP contribution >= 0.6 is 0 Å². The van der Waals surface area contributed by atoms with Crippen molar-refractivity contribution >= 4 is 6.29 Å². The first kappa shape index (κ1) is 6.49. The molecule has 2 heteroatoms. The van der Waals surface area contributed by atoms with Gasteiger partial charge >= 0.3 is 0 Å². The first-order valence-corrected chi connectivity index (χ1v) is 3.08. The van der Waals surface area contributed by atoms with Crippen molar-refractivity contribution in [2.75, 3.05) is 20.1 Å². The highest BCUT2D eigenvalue weighted by atomic mass is 16.1. The molecule has 1 aliphatic rings. The second-order valence-corrected chi connectivity index (χ2v) is 2.36. The number of hydrogen-bond acceptors (Lipinski definition) is 2. The van der Waals surface area contributed by atoms with E-state index in [9.17, 15) is 4.79 Å². The first-order valence-electron chi connectivity index (χ1n) is 3.08. The monoisotopic (exact) mass is 124 g/mol. The fourth-order valence-corrected chi connectivity index (χ4v) is 0.968. The second kappa shape index (κ2) is 2.78. The summed E-state index contributed by atoms with van der Waals surface area (Å²) in [6.45, 7) is 1.83. The summed E-state index contributed by atoms with van der Waals surface area (Å²) in [5.41, 5.74) is 0.795. The third-order valence-corrected chi connectivity index (χ3v) is 1.47. The Bertz CT molecular complexity index is 140. The minimum atomic E-state index is 0.767. The van der Waals surface area contributed by atoms with E-state index in [1.54, 1.807) is 0 Å². The molecule has 0 N–H and O–H groups in total. The van der Waals surface area contributed by atoms with E-state index in [2.05, 4.69) is 4.90 Å². The van der Waals surface area contributed by atoms with Gasteiger partial charge in [0.1, 0.15) is 0 Å². The Morgan fingerprint density at radius 1 is 1.78 bits per heavy atom. The van der Waals surface area contributed by atoms with Crippen LogP contribution in [-0.2, 0) is 4.79 Å². The molecule has 0 aromatic heterocycles. The maximum absolute atomic E-state index is 10.1. The largest absolute Gasteiger partial charge is 0.302 e. The highest BCUT2D eigenvalue weighted by Gasteiger charge is 2.06. The lowest BCUT2D eigenvalue weighted by atomic mass is 10.1. The lowest BCUT2D eigenvalue weighted by Gasteiger charge is -2.19. The predicted molar refractivity (Wildman–Crippen MR) is 35.9 cm³/mol. The number of hydrogen-bond donors (Lipinski definition) is 0. The molecule has 0 bridgehead atoms. The van der Waals surface area contributed by atoms with Crippen molar-refractivity contribution < 1.29 is 4.79 Å². The summed E-state index contributed by atoms with van der Waals surface area (Å²) in [4.78, 5) is 12.2. The van der Waals surface area contributed by atoms with Gasteiger partial charge in [-0.3, -0.25) is 4.79 Å². The molecule has 49 valence electrons. The smallest absolute Gasteiger partial charge is 0.230 e. The molecule has 0 saturated carbocycles. The van der Waals surface area contributed by atoms with Crippen molar-refractivity contribution in [2.24, 2.45) is 0 Å². The zero-order chi connectivity index (χ0) is 6.69. The summed E-state index contributed by atoms with van der Waals surface area (Å²) in [5, 5.41) is 0. The lowest BCUT2D eigenvalue weighted by Crippen LogP contribution is -2.25. The minimum absolute atomic E-state index is 0.767. The molecule has 9 heavy (non-hydrogen) atoms. The molecule has 0 aliphatic carbocycles. The lowest BCUT2D eigenvalue weighted by molar-refractivity contribution is 0.359. The zero-order valence-electron chi connectivity index (χ0n) is 5.55. The quantitative estimate of drug-likeness (QED) is 0.503. The van der Waals surface area contributed by atoms with Gasteiger partial charge in [-0.2, -0.15) is 0 Å². The fraction of sp³-hybridized carbons (Fsp3) is 0.571. The Morgan fingerprint density at radius 3 is 3.00 bits per heavy atom. The molecular weight excluding hydrogens is 114 g/mol. The molecule has 0 fully saturated rings. The Kier molecular flexibility index (Phi) is 2.01. The van der Waals surface area contributed by atoms with E-state index in [4.69, 9.17) is 0 Å². The second-order valence-electron chi connectivity index (χ2n) is 2.36. The molecular formula is C7H10NO. The van der Waals surface area contributed by atoms with Crippen molar-refractivity contribution in [3.05, 3.63) is 11.6 Å². The van der Waals surface area contributed by atoms with Crippen molar-refractivity contribution in [2.45, 2.75) is 6.42 Å². The Morgan fingerprint density at radius 2 is 2.56 bits per heavy atom. The summed E-state index contributed by atoms with van der Waals surface area (Å²) in [6, 6.07) is 0. The van der Waals surface area contributed by atoms with Crippen LogP contribution in [0.4, 0.5) is 0 Å². The van der Waals surface area contributed by atoms with Crippen molar-refractivity contribution in [3.8, 4) is 0 Å². The number of nitrogens with zero attached hydrogens (tertiary/aromatic N) is 1. The standard InChI is InChI=1S/C7H10NO/c1-8-4-2-3-7(5-8)6-9/h3H,2,4-5H2,1H3. The maximum Gasteiger partial charge on any atom is 0.230 e. The molecule has 0 saturated heterocycles. The Balaban J connectivity index is 2.53. The zero-order valence-corrected chi connectivity index (χ0v) is 5.55. The van der Waals surface area contributed by atoms with Crippen LogP contribution in [0.5, 0.6) is 0 Å². The highest BCUT2D eigenvalue weighted by Crippen LogP contribution is 2.03. The summed E-state index contributed by atoms with van der Waals surface area (Å²) < 4.78 is 0. The molecule has 1 heterocycles. The first-order chi connectivity index (χ1) is 4.33. The third kappa shape index (κ3) is 1.64. The van der Waals surface area contributed by atoms with E-state index in [0.29, 0.717) is 0 Å². The van der Waals surface area contributed by atoms with Gasteiger partial charge in [0, 0.05) is 18.7 Å². The molecule has 0 aromatic carbocycles. The topological polar surface area (TPSA) is 20.3 Å². The van der Waals surface area contributed by atoms with E-state index in [0.717, 1.165) is 25.1 Å². The van der Waals surface area contributed by atoms with Crippen molar-refractivity contribution in [1.82, 2.24) is 4.90 Å². The van der Waals surface area contributed by atoms with Crippen molar-refractivity contribution in [3.63, 3.8) is 0 Å². The molecule has 0 unspecified atom stereocenters. The van der Waals surface area contributed by atoms with E-state index < -0.39 is 0 Å². The van der Waals surface area contributed by atoms with Gasteiger partial charge < -0.3 is 4.90 Å². The molecule has 0 atom stereocenters. The van der Waals surface area contributed by atoms with Gasteiger partial charge in [-0.15, -0.1) is 0 Å². The summed E-state index contributed by atoms with van der Waals surface area (Å²) in [7, 11) is 2.00. The van der Waals surface area contributed by atoms with Gasteiger partial charge in [0.05, 0.1) is 0 Å². The van der Waals surface area contributed by atoms with Gasteiger partial charge in [0.2, 0.25) is 6.29 Å². The van der Waals surface area contributed by atoms with Gasteiger partial charge in [0.15, 0.2) is 0 Å². The fourth-order valence-electron chi connectivity index (χ4n) is 0.968. The van der Waals surface area contributed by atoms with Crippen LogP contribution in [0.25, 0.3) is 0 Å². The van der Waals surface area contributed by atoms with Crippen LogP contribution in [0.2, 0.25) is 0 Å². The predicted octanol–water partition coefficient (Wildman–Crippen LogP) is 0.358. The van der Waals surface area contributed by atoms with Crippen molar-refractivity contribution in [1.29, 1.82) is 0 Å². The van der Waals surface area contributed by atoms with Gasteiger partial charge in [-0.1, -0.05) is 6.08 Å². The van der Waals surface area contributed by atoms with Crippen LogP contribution in [0.3, 0.4) is 0 Å². The van der Waals surface area contributed by atoms with Crippen LogP contribution in [0.15, 0.2) is 11.6 Å². The molecule has 1 aliphatic heterocycles. The van der Waals surface area contributed by atoms with E-state index in [1.807, 2.05) is 19.4 Å². The number of rotatable bonds is 1. The van der Waals surface area contributed by atoms with E-state index in [-0.39, 0.29) is 0 Å². The summed E-state index contributed by atoms with van der Waals surface area (Å²) in [5.74, 6) is 0. The summed E-state index contributed by atoms with van der Waals surface area (Å²) >= 11 is 0. The normalized spacial score (nSPS) is 21.2. The SMILES string of the molecule is CN1CCC=C([C]=O)C1. The Hall–Kier alpha value is -0.630. The van der Waals surface area contributed by atoms with Gasteiger partial charge in [-0.25, -0.2) is 0 Å². The minimum Gasteiger partial charge on any atom is -0.302 e. The third-order valence-electron chi connectivity index (χ3n) is 1.47. The van der Waals surface area contributed by atoms with E-state index in [1.165, 1.54) is 0 Å². The van der Waals surface area contributed by atoms with Crippen LogP contribution in [0.1, 0.15) is 6.42 Å². The molecule has 0 aromatic rings. The van der Waals surface area contributed by atoms with Gasteiger partial charge in [-0.05, 0) is 13.5 Å². The van der Waals surface area contributed by atoms with Crippen LogP contribution in [-0.4, -0.2) is 31.3 Å². The molecule has 1 rings (SSSR count). The molecule has 0 spiro atoms. The Labute approximate surface area is 55.2 Å².